The summed E-state index contributed by atoms with van der Waals surface area (Å²) in [4.78, 5) is 17.9. The lowest BCUT2D eigenvalue weighted by Gasteiger charge is -2.39. The van der Waals surface area contributed by atoms with Gasteiger partial charge in [0, 0.05) is 17.4 Å². The van der Waals surface area contributed by atoms with E-state index in [1.165, 1.54) is 0 Å². The molecule has 2 heterocycles. The van der Waals surface area contributed by atoms with Gasteiger partial charge < -0.3 is 5.11 Å². The quantitative estimate of drug-likeness (QED) is 0.927. The third-order valence-corrected chi connectivity index (χ3v) is 4.62. The normalized spacial score (nSPS) is 20.1. The number of halogens is 1. The lowest BCUT2D eigenvalue weighted by atomic mass is 9.92. The van der Waals surface area contributed by atoms with Gasteiger partial charge in [-0.3, -0.25) is 14.7 Å². The first-order chi connectivity index (χ1) is 11.2. The Labute approximate surface area is 140 Å². The van der Waals surface area contributed by atoms with Gasteiger partial charge in [0.15, 0.2) is 0 Å². The maximum Gasteiger partial charge on any atom is 0.320 e. The Morgan fingerprint density at radius 3 is 2.43 bits per heavy atom. The molecule has 0 radical (unpaired) electrons. The molecule has 23 heavy (non-hydrogen) atoms. The van der Waals surface area contributed by atoms with E-state index in [0.717, 1.165) is 30.5 Å². The van der Waals surface area contributed by atoms with Gasteiger partial charge in [-0.2, -0.15) is 0 Å². The molecular formula is C18H19ClN2O2. The van der Waals surface area contributed by atoms with Gasteiger partial charge in [0.25, 0.3) is 0 Å². The Hall–Kier alpha value is -1.91. The number of carboxylic acid groups (broad SMARTS) is 1. The average molecular weight is 331 g/mol. The SMILES string of the molecule is O=C(O)C1CCCCN1C(c1ccncc1)c1ccc(Cl)cc1. The van der Waals surface area contributed by atoms with Gasteiger partial charge >= 0.3 is 5.97 Å². The number of benzene rings is 1. The van der Waals surface area contributed by atoms with Gasteiger partial charge in [-0.15, -0.1) is 0 Å². The van der Waals surface area contributed by atoms with E-state index in [1.54, 1.807) is 12.4 Å². The van der Waals surface area contributed by atoms with Crippen LogP contribution in [0.1, 0.15) is 36.4 Å². The van der Waals surface area contributed by atoms with E-state index >= 15 is 0 Å². The third kappa shape index (κ3) is 3.54. The number of piperidine rings is 1. The largest absolute Gasteiger partial charge is 0.480 e. The second-order valence-electron chi connectivity index (χ2n) is 5.82. The summed E-state index contributed by atoms with van der Waals surface area (Å²) < 4.78 is 0. The second-order valence-corrected chi connectivity index (χ2v) is 6.26. The van der Waals surface area contributed by atoms with Crippen LogP contribution in [0.15, 0.2) is 48.8 Å². The summed E-state index contributed by atoms with van der Waals surface area (Å²) in [5, 5.41) is 10.3. The van der Waals surface area contributed by atoms with E-state index < -0.39 is 12.0 Å². The van der Waals surface area contributed by atoms with E-state index in [0.29, 0.717) is 11.4 Å². The van der Waals surface area contributed by atoms with Gasteiger partial charge in [0.2, 0.25) is 0 Å². The Bertz CT molecular complexity index is 660. The lowest BCUT2D eigenvalue weighted by Crippen LogP contribution is -2.46. The van der Waals surface area contributed by atoms with Crippen molar-refractivity contribution in [3.8, 4) is 0 Å². The molecule has 0 bridgehead atoms. The second kappa shape index (κ2) is 7.11. The fourth-order valence-electron chi connectivity index (χ4n) is 3.29. The maximum atomic E-state index is 11.7. The van der Waals surface area contributed by atoms with Crippen molar-refractivity contribution in [2.75, 3.05) is 6.54 Å². The van der Waals surface area contributed by atoms with E-state index in [-0.39, 0.29) is 6.04 Å². The molecule has 4 nitrogen and oxygen atoms in total. The number of pyridine rings is 1. The molecule has 0 aliphatic carbocycles. The molecular weight excluding hydrogens is 312 g/mol. The molecule has 0 amide bonds. The smallest absolute Gasteiger partial charge is 0.320 e. The van der Waals surface area contributed by atoms with Crippen molar-refractivity contribution in [2.24, 2.45) is 0 Å². The Morgan fingerprint density at radius 1 is 1.13 bits per heavy atom. The Kier molecular flexibility index (Phi) is 4.94. The zero-order valence-corrected chi connectivity index (χ0v) is 13.5. The minimum atomic E-state index is -0.752. The molecule has 2 unspecified atom stereocenters. The summed E-state index contributed by atoms with van der Waals surface area (Å²) in [6, 6.07) is 11.0. The highest BCUT2D eigenvalue weighted by molar-refractivity contribution is 6.30. The number of aliphatic carboxylic acids is 1. The predicted octanol–water partition coefficient (Wildman–Crippen LogP) is 3.76. The van der Waals surface area contributed by atoms with Crippen molar-refractivity contribution in [1.29, 1.82) is 0 Å². The van der Waals surface area contributed by atoms with Crippen molar-refractivity contribution >= 4 is 17.6 Å². The standard InChI is InChI=1S/C18H19ClN2O2/c19-15-6-4-13(5-7-15)17(14-8-10-20-11-9-14)21-12-2-1-3-16(21)18(22)23/h4-11,16-17H,1-3,12H2,(H,22,23). The first kappa shape index (κ1) is 16.0. The van der Waals surface area contributed by atoms with Crippen LogP contribution in [-0.2, 0) is 4.79 Å². The van der Waals surface area contributed by atoms with Crippen LogP contribution in [0.2, 0.25) is 5.02 Å². The molecule has 1 aromatic carbocycles. The van der Waals surface area contributed by atoms with E-state index in [4.69, 9.17) is 11.6 Å². The molecule has 3 rings (SSSR count). The van der Waals surface area contributed by atoms with E-state index in [2.05, 4.69) is 9.88 Å². The molecule has 2 aromatic rings. The molecule has 1 saturated heterocycles. The van der Waals surface area contributed by atoms with E-state index in [9.17, 15) is 9.90 Å². The lowest BCUT2D eigenvalue weighted by molar-refractivity contribution is -0.145. The van der Waals surface area contributed by atoms with Gasteiger partial charge in [-0.25, -0.2) is 0 Å². The van der Waals surface area contributed by atoms with Crippen LogP contribution in [0.4, 0.5) is 0 Å². The fourth-order valence-corrected chi connectivity index (χ4v) is 3.42. The van der Waals surface area contributed by atoms with Crippen molar-refractivity contribution in [1.82, 2.24) is 9.88 Å². The molecule has 1 aromatic heterocycles. The number of carbonyl (C=O) groups is 1. The molecule has 1 aliphatic heterocycles. The molecule has 1 fully saturated rings. The Balaban J connectivity index is 2.04. The van der Waals surface area contributed by atoms with Gasteiger partial charge in [-0.05, 0) is 54.8 Å². The van der Waals surface area contributed by atoms with Gasteiger partial charge in [0.05, 0.1) is 6.04 Å². The fraction of sp³-hybridized carbons (Fsp3) is 0.333. The summed E-state index contributed by atoms with van der Waals surface area (Å²) in [6.07, 6.45) is 6.15. The topological polar surface area (TPSA) is 53.4 Å². The molecule has 1 aliphatic rings. The number of carboxylic acids is 1. The van der Waals surface area contributed by atoms with Crippen LogP contribution in [-0.4, -0.2) is 33.5 Å². The minimum Gasteiger partial charge on any atom is -0.480 e. The van der Waals surface area contributed by atoms with Crippen LogP contribution in [0.3, 0.4) is 0 Å². The van der Waals surface area contributed by atoms with Crippen molar-refractivity contribution in [2.45, 2.75) is 31.3 Å². The molecule has 120 valence electrons. The number of hydrogen-bond donors (Lipinski definition) is 1. The van der Waals surface area contributed by atoms with E-state index in [1.807, 2.05) is 36.4 Å². The first-order valence-electron chi connectivity index (χ1n) is 7.81. The highest BCUT2D eigenvalue weighted by Gasteiger charge is 2.34. The minimum absolute atomic E-state index is 0.100. The highest BCUT2D eigenvalue weighted by atomic mass is 35.5. The van der Waals surface area contributed by atoms with Crippen molar-refractivity contribution in [3.63, 3.8) is 0 Å². The van der Waals surface area contributed by atoms with Crippen molar-refractivity contribution < 1.29 is 9.90 Å². The summed E-state index contributed by atoms with van der Waals surface area (Å²) in [5.41, 5.74) is 2.10. The monoisotopic (exact) mass is 330 g/mol. The van der Waals surface area contributed by atoms with Gasteiger partial charge in [-0.1, -0.05) is 30.2 Å². The number of likely N-dealkylation sites (tertiary alicyclic amines) is 1. The molecule has 0 saturated carbocycles. The van der Waals surface area contributed by atoms with Crippen molar-refractivity contribution in [3.05, 3.63) is 64.9 Å². The van der Waals surface area contributed by atoms with Gasteiger partial charge in [0.1, 0.15) is 6.04 Å². The maximum absolute atomic E-state index is 11.7. The summed E-state index contributed by atoms with van der Waals surface area (Å²) >= 11 is 6.01. The van der Waals surface area contributed by atoms with Crippen LogP contribution in [0.5, 0.6) is 0 Å². The average Bonchev–Trinajstić information content (AvgIpc) is 2.58. The van der Waals surface area contributed by atoms with Crippen LogP contribution in [0, 0.1) is 0 Å². The van der Waals surface area contributed by atoms with Crippen LogP contribution >= 0.6 is 11.6 Å². The molecule has 1 N–H and O–H groups in total. The van der Waals surface area contributed by atoms with Crippen LogP contribution in [0.25, 0.3) is 0 Å². The molecule has 0 spiro atoms. The number of hydrogen-bond acceptors (Lipinski definition) is 3. The first-order valence-corrected chi connectivity index (χ1v) is 8.18. The highest BCUT2D eigenvalue weighted by Crippen LogP contribution is 2.34. The zero-order chi connectivity index (χ0) is 16.2. The summed E-state index contributed by atoms with van der Waals surface area (Å²) in [5.74, 6) is -0.752. The Morgan fingerprint density at radius 2 is 1.78 bits per heavy atom. The molecule has 2 atom stereocenters. The summed E-state index contributed by atoms with van der Waals surface area (Å²) in [6.45, 7) is 0.770. The van der Waals surface area contributed by atoms with Crippen LogP contribution < -0.4 is 0 Å². The number of aromatic nitrogens is 1. The number of rotatable bonds is 4. The number of nitrogens with zero attached hydrogens (tertiary/aromatic N) is 2. The predicted molar refractivity (Wildman–Crippen MR) is 89.5 cm³/mol. The third-order valence-electron chi connectivity index (χ3n) is 4.37. The summed E-state index contributed by atoms with van der Waals surface area (Å²) in [7, 11) is 0. The zero-order valence-electron chi connectivity index (χ0n) is 12.7. The molecule has 5 heteroatoms.